The molecule has 3 heteroatoms. The zero-order valence-corrected chi connectivity index (χ0v) is 10.0. The average molecular weight is 266 g/mol. The molecule has 78 valence electrons. The van der Waals surface area contributed by atoms with E-state index < -0.39 is 0 Å². The summed E-state index contributed by atoms with van der Waals surface area (Å²) in [6.07, 6.45) is 1.71. The van der Waals surface area contributed by atoms with Crippen LogP contribution in [0.4, 0.5) is 5.69 Å². The van der Waals surface area contributed by atoms with Gasteiger partial charge in [-0.25, -0.2) is 0 Å². The van der Waals surface area contributed by atoms with Gasteiger partial charge in [0.25, 0.3) is 0 Å². The molecule has 0 radical (unpaired) electrons. The first kappa shape index (κ1) is 10.3. The summed E-state index contributed by atoms with van der Waals surface area (Å²) in [5.41, 5.74) is 2.25. The highest BCUT2D eigenvalue weighted by Gasteiger charge is 2.02. The van der Waals surface area contributed by atoms with E-state index in [9.17, 15) is 0 Å². The number of benzene rings is 1. The molecule has 1 N–H and O–H groups in total. The lowest BCUT2D eigenvalue weighted by Gasteiger charge is -2.06. The van der Waals surface area contributed by atoms with Gasteiger partial charge >= 0.3 is 0 Å². The van der Waals surface area contributed by atoms with Crippen LogP contribution < -0.4 is 5.32 Å². The van der Waals surface area contributed by atoms with E-state index in [1.54, 1.807) is 6.26 Å². The predicted octanol–water partition coefficient (Wildman–Crippen LogP) is 3.96. The maximum atomic E-state index is 5.35. The summed E-state index contributed by atoms with van der Waals surface area (Å²) in [6.45, 7) is 2.75. The molecule has 2 aromatic rings. The molecule has 0 aliphatic carbocycles. The molecule has 0 saturated heterocycles. The fourth-order valence-corrected chi connectivity index (χ4v) is 1.79. The van der Waals surface area contributed by atoms with Crippen LogP contribution in [0.1, 0.15) is 11.3 Å². The van der Waals surface area contributed by atoms with Crippen LogP contribution in [0.5, 0.6) is 0 Å². The Morgan fingerprint density at radius 3 is 2.73 bits per heavy atom. The summed E-state index contributed by atoms with van der Waals surface area (Å²) in [5, 5.41) is 3.32. The third kappa shape index (κ3) is 2.42. The number of nitrogens with one attached hydrogen (secondary N) is 1. The molecule has 0 aliphatic heterocycles. The van der Waals surface area contributed by atoms with Crippen LogP contribution in [0.3, 0.4) is 0 Å². The van der Waals surface area contributed by atoms with Crippen molar-refractivity contribution in [2.75, 3.05) is 5.32 Å². The van der Waals surface area contributed by atoms with Crippen molar-refractivity contribution in [2.24, 2.45) is 0 Å². The van der Waals surface area contributed by atoms with Crippen LogP contribution in [0, 0.1) is 6.92 Å². The Morgan fingerprint density at radius 2 is 2.07 bits per heavy atom. The third-order valence-electron chi connectivity index (χ3n) is 2.28. The zero-order chi connectivity index (χ0) is 10.7. The average Bonchev–Trinajstić information content (AvgIpc) is 2.63. The topological polar surface area (TPSA) is 25.2 Å². The maximum Gasteiger partial charge on any atom is 0.125 e. The Labute approximate surface area is 97.4 Å². The standard InChI is InChI=1S/C12H12BrNO/c1-9-6-7-15-12(9)8-14-11-5-3-2-4-10(11)13/h2-7,14H,8H2,1H3. The highest BCUT2D eigenvalue weighted by molar-refractivity contribution is 9.10. The number of hydrogen-bond acceptors (Lipinski definition) is 2. The molecule has 0 atom stereocenters. The minimum Gasteiger partial charge on any atom is -0.467 e. The predicted molar refractivity (Wildman–Crippen MR) is 64.9 cm³/mol. The van der Waals surface area contributed by atoms with Crippen LogP contribution in [0.15, 0.2) is 45.5 Å². The number of aryl methyl sites for hydroxylation is 1. The number of para-hydroxylation sites is 1. The summed E-state index contributed by atoms with van der Waals surface area (Å²) < 4.78 is 6.41. The molecular weight excluding hydrogens is 254 g/mol. The van der Waals surface area contributed by atoms with E-state index in [2.05, 4.69) is 21.2 Å². The van der Waals surface area contributed by atoms with E-state index in [-0.39, 0.29) is 0 Å². The Kier molecular flexibility index (Phi) is 3.11. The van der Waals surface area contributed by atoms with Gasteiger partial charge in [0.15, 0.2) is 0 Å². The van der Waals surface area contributed by atoms with Gasteiger partial charge in [-0.05, 0) is 46.6 Å². The van der Waals surface area contributed by atoms with Crippen molar-refractivity contribution in [1.29, 1.82) is 0 Å². The summed E-state index contributed by atoms with van der Waals surface area (Å²) in [4.78, 5) is 0. The lowest BCUT2D eigenvalue weighted by atomic mass is 10.2. The van der Waals surface area contributed by atoms with Crippen LogP contribution in [0.25, 0.3) is 0 Å². The highest BCUT2D eigenvalue weighted by Crippen LogP contribution is 2.22. The Balaban J connectivity index is 2.06. The van der Waals surface area contributed by atoms with E-state index in [0.29, 0.717) is 6.54 Å². The van der Waals surface area contributed by atoms with Gasteiger partial charge in [-0.1, -0.05) is 12.1 Å². The molecule has 2 rings (SSSR count). The second-order valence-corrected chi connectivity index (χ2v) is 4.21. The first-order chi connectivity index (χ1) is 7.27. The maximum absolute atomic E-state index is 5.35. The fraction of sp³-hybridized carbons (Fsp3) is 0.167. The molecule has 0 saturated carbocycles. The SMILES string of the molecule is Cc1ccoc1CNc1ccccc1Br. The van der Waals surface area contributed by atoms with Crippen molar-refractivity contribution in [3.05, 3.63) is 52.4 Å². The van der Waals surface area contributed by atoms with E-state index in [4.69, 9.17) is 4.42 Å². The van der Waals surface area contributed by atoms with Gasteiger partial charge in [-0.3, -0.25) is 0 Å². The number of anilines is 1. The molecule has 0 bridgehead atoms. The van der Waals surface area contributed by atoms with Crippen LogP contribution in [-0.2, 0) is 6.54 Å². The van der Waals surface area contributed by atoms with Crippen molar-refractivity contribution in [3.8, 4) is 0 Å². The smallest absolute Gasteiger partial charge is 0.125 e. The molecule has 0 fully saturated rings. The molecule has 0 unspecified atom stereocenters. The monoisotopic (exact) mass is 265 g/mol. The van der Waals surface area contributed by atoms with E-state index in [0.717, 1.165) is 15.9 Å². The van der Waals surface area contributed by atoms with Gasteiger partial charge in [-0.2, -0.15) is 0 Å². The molecule has 1 aromatic heterocycles. The van der Waals surface area contributed by atoms with Crippen LogP contribution >= 0.6 is 15.9 Å². The van der Waals surface area contributed by atoms with Crippen molar-refractivity contribution in [2.45, 2.75) is 13.5 Å². The number of furan rings is 1. The van der Waals surface area contributed by atoms with Gasteiger partial charge in [0.2, 0.25) is 0 Å². The molecular formula is C12H12BrNO. The van der Waals surface area contributed by atoms with Gasteiger partial charge in [0.1, 0.15) is 5.76 Å². The van der Waals surface area contributed by atoms with Gasteiger partial charge in [0.05, 0.1) is 12.8 Å². The molecule has 15 heavy (non-hydrogen) atoms. The van der Waals surface area contributed by atoms with Crippen molar-refractivity contribution >= 4 is 21.6 Å². The van der Waals surface area contributed by atoms with Gasteiger partial charge in [-0.15, -0.1) is 0 Å². The highest BCUT2D eigenvalue weighted by atomic mass is 79.9. The Hall–Kier alpha value is -1.22. The molecule has 0 aliphatic rings. The first-order valence-electron chi connectivity index (χ1n) is 4.79. The Bertz CT molecular complexity index is 450. The van der Waals surface area contributed by atoms with Gasteiger partial charge < -0.3 is 9.73 Å². The normalized spacial score (nSPS) is 10.3. The molecule has 1 aromatic carbocycles. The van der Waals surface area contributed by atoms with Crippen LogP contribution in [0.2, 0.25) is 0 Å². The molecule has 1 heterocycles. The minimum absolute atomic E-state index is 0.710. The largest absolute Gasteiger partial charge is 0.467 e. The van der Waals surface area contributed by atoms with Crippen LogP contribution in [-0.4, -0.2) is 0 Å². The summed E-state index contributed by atoms with van der Waals surface area (Å²) >= 11 is 3.49. The van der Waals surface area contributed by atoms with E-state index >= 15 is 0 Å². The third-order valence-corrected chi connectivity index (χ3v) is 2.97. The lowest BCUT2D eigenvalue weighted by molar-refractivity contribution is 0.515. The van der Waals surface area contributed by atoms with Crippen molar-refractivity contribution in [1.82, 2.24) is 0 Å². The van der Waals surface area contributed by atoms with E-state index in [1.807, 2.05) is 37.3 Å². The summed E-state index contributed by atoms with van der Waals surface area (Å²) in [5.74, 6) is 0.978. The van der Waals surface area contributed by atoms with Crippen molar-refractivity contribution < 1.29 is 4.42 Å². The lowest BCUT2D eigenvalue weighted by Crippen LogP contribution is -1.99. The molecule has 2 nitrogen and oxygen atoms in total. The minimum atomic E-state index is 0.710. The molecule has 0 amide bonds. The first-order valence-corrected chi connectivity index (χ1v) is 5.58. The fourth-order valence-electron chi connectivity index (χ4n) is 1.37. The van der Waals surface area contributed by atoms with Crippen molar-refractivity contribution in [3.63, 3.8) is 0 Å². The summed E-state index contributed by atoms with van der Waals surface area (Å²) in [7, 11) is 0. The zero-order valence-electron chi connectivity index (χ0n) is 8.46. The second kappa shape index (κ2) is 4.53. The molecule has 0 spiro atoms. The number of hydrogen-bond donors (Lipinski definition) is 1. The summed E-state index contributed by atoms with van der Waals surface area (Å²) in [6, 6.07) is 10.0. The second-order valence-electron chi connectivity index (χ2n) is 3.36. The quantitative estimate of drug-likeness (QED) is 0.909. The Morgan fingerprint density at radius 1 is 1.27 bits per heavy atom. The number of halogens is 1. The number of rotatable bonds is 3. The van der Waals surface area contributed by atoms with E-state index in [1.165, 1.54) is 5.56 Å². The van der Waals surface area contributed by atoms with Gasteiger partial charge in [0, 0.05) is 10.2 Å².